The van der Waals surface area contributed by atoms with Crippen LogP contribution in [0.5, 0.6) is 0 Å². The summed E-state index contributed by atoms with van der Waals surface area (Å²) in [5.74, 6) is 2.20. The summed E-state index contributed by atoms with van der Waals surface area (Å²) < 4.78 is 5.51. The zero-order valence-electron chi connectivity index (χ0n) is 11.2. The zero-order chi connectivity index (χ0) is 13.2. The van der Waals surface area contributed by atoms with Crippen LogP contribution >= 0.6 is 11.8 Å². The first-order valence-corrected chi connectivity index (χ1v) is 7.98. The molecule has 1 aromatic rings. The number of furan rings is 1. The van der Waals surface area contributed by atoms with Crippen molar-refractivity contribution >= 4 is 17.7 Å². The average molecular weight is 280 g/mol. The van der Waals surface area contributed by atoms with Gasteiger partial charge in [-0.05, 0) is 43.7 Å². The lowest BCUT2D eigenvalue weighted by Crippen LogP contribution is -2.41. The van der Waals surface area contributed by atoms with E-state index in [4.69, 9.17) is 4.42 Å². The summed E-state index contributed by atoms with van der Waals surface area (Å²) in [5, 5.41) is 3.72. The Morgan fingerprint density at radius 3 is 3.21 bits per heavy atom. The minimum atomic E-state index is -0.320. The van der Waals surface area contributed by atoms with Gasteiger partial charge in [-0.25, -0.2) is 0 Å². The molecule has 0 radical (unpaired) electrons. The third-order valence-electron chi connectivity index (χ3n) is 3.99. The first kappa shape index (κ1) is 13.1. The first-order chi connectivity index (χ1) is 9.29. The number of fused-ring (bicyclic) bond motifs is 1. The maximum Gasteiger partial charge on any atom is 0.247 e. The molecule has 0 aromatic carbocycles. The van der Waals surface area contributed by atoms with Crippen LogP contribution < -0.4 is 5.32 Å². The monoisotopic (exact) mass is 280 g/mol. The largest absolute Gasteiger partial charge is 0.467 e. The van der Waals surface area contributed by atoms with Crippen LogP contribution in [0, 0.1) is 0 Å². The Labute approximate surface area is 117 Å². The number of amides is 1. The maximum absolute atomic E-state index is 12.6. The molecule has 2 aliphatic heterocycles. The van der Waals surface area contributed by atoms with E-state index in [0.717, 1.165) is 30.8 Å². The van der Waals surface area contributed by atoms with Crippen LogP contribution in [0.25, 0.3) is 0 Å². The summed E-state index contributed by atoms with van der Waals surface area (Å²) in [6.45, 7) is 1.69. The van der Waals surface area contributed by atoms with E-state index in [0.29, 0.717) is 5.25 Å². The van der Waals surface area contributed by atoms with E-state index in [1.54, 1.807) is 6.26 Å². The molecule has 4 nitrogen and oxygen atoms in total. The molecular weight excluding hydrogens is 260 g/mol. The standard InChI is InChI=1S/C14H20N2O2S/c1-15-12-13-10(5-7-18-13)4-6-16(14(12)17)9-11-3-2-8-19-11/h5,7,11-12,15H,2-4,6,8-9H2,1H3. The van der Waals surface area contributed by atoms with Gasteiger partial charge < -0.3 is 14.6 Å². The average Bonchev–Trinajstić information content (AvgIpc) is 3.04. The Kier molecular flexibility index (Phi) is 3.84. The summed E-state index contributed by atoms with van der Waals surface area (Å²) in [7, 11) is 1.82. The first-order valence-electron chi connectivity index (χ1n) is 6.93. The molecule has 0 bridgehead atoms. The van der Waals surface area contributed by atoms with Gasteiger partial charge in [-0.3, -0.25) is 4.79 Å². The molecule has 104 valence electrons. The van der Waals surface area contributed by atoms with Crippen molar-refractivity contribution in [2.75, 3.05) is 25.9 Å². The van der Waals surface area contributed by atoms with Crippen LogP contribution in [0.3, 0.4) is 0 Å². The highest BCUT2D eigenvalue weighted by molar-refractivity contribution is 8.00. The van der Waals surface area contributed by atoms with E-state index in [1.165, 1.54) is 18.6 Å². The van der Waals surface area contributed by atoms with Crippen LogP contribution in [-0.4, -0.2) is 41.9 Å². The predicted octanol–water partition coefficient (Wildman–Crippen LogP) is 1.82. The van der Waals surface area contributed by atoms with Crippen molar-refractivity contribution in [3.63, 3.8) is 0 Å². The van der Waals surface area contributed by atoms with Gasteiger partial charge in [0.1, 0.15) is 11.8 Å². The summed E-state index contributed by atoms with van der Waals surface area (Å²) in [6, 6.07) is 1.67. The Bertz CT molecular complexity index is 454. The van der Waals surface area contributed by atoms with E-state index in [1.807, 2.05) is 29.8 Å². The minimum absolute atomic E-state index is 0.156. The fraction of sp³-hybridized carbons (Fsp3) is 0.643. The van der Waals surface area contributed by atoms with E-state index in [2.05, 4.69) is 5.32 Å². The molecule has 2 atom stereocenters. The lowest BCUT2D eigenvalue weighted by atomic mass is 10.1. The van der Waals surface area contributed by atoms with Gasteiger partial charge in [-0.1, -0.05) is 0 Å². The third kappa shape index (κ3) is 2.54. The van der Waals surface area contributed by atoms with E-state index in [-0.39, 0.29) is 11.9 Å². The number of rotatable bonds is 3. The molecule has 2 aliphatic rings. The second-order valence-corrected chi connectivity index (χ2v) is 6.61. The minimum Gasteiger partial charge on any atom is -0.467 e. The summed E-state index contributed by atoms with van der Waals surface area (Å²) in [4.78, 5) is 14.6. The molecule has 1 N–H and O–H groups in total. The Hall–Kier alpha value is -0.940. The molecule has 5 heteroatoms. The summed E-state index contributed by atoms with van der Waals surface area (Å²) in [6.07, 6.45) is 5.10. The molecular formula is C14H20N2O2S. The number of likely N-dealkylation sites (N-methyl/N-ethyl adjacent to an activating group) is 1. The lowest BCUT2D eigenvalue weighted by Gasteiger charge is -2.26. The fourth-order valence-corrected chi connectivity index (χ4v) is 4.22. The Morgan fingerprint density at radius 2 is 2.47 bits per heavy atom. The quantitative estimate of drug-likeness (QED) is 0.917. The highest BCUT2D eigenvalue weighted by Gasteiger charge is 2.33. The van der Waals surface area contributed by atoms with Gasteiger partial charge >= 0.3 is 0 Å². The number of hydrogen-bond donors (Lipinski definition) is 1. The molecule has 2 unspecified atom stereocenters. The smallest absolute Gasteiger partial charge is 0.247 e. The normalized spacial score (nSPS) is 27.4. The number of carbonyl (C=O) groups is 1. The van der Waals surface area contributed by atoms with E-state index >= 15 is 0 Å². The highest BCUT2D eigenvalue weighted by atomic mass is 32.2. The zero-order valence-corrected chi connectivity index (χ0v) is 12.0. The number of nitrogens with one attached hydrogen (secondary N) is 1. The van der Waals surface area contributed by atoms with Gasteiger partial charge in [0.2, 0.25) is 5.91 Å². The van der Waals surface area contributed by atoms with Gasteiger partial charge in [-0.2, -0.15) is 11.8 Å². The number of hydrogen-bond acceptors (Lipinski definition) is 4. The third-order valence-corrected chi connectivity index (χ3v) is 5.37. The molecule has 0 aliphatic carbocycles. The van der Waals surface area contributed by atoms with Crippen LogP contribution in [0.15, 0.2) is 16.7 Å². The topological polar surface area (TPSA) is 45.5 Å². The second kappa shape index (κ2) is 5.59. The second-order valence-electron chi connectivity index (χ2n) is 5.20. The van der Waals surface area contributed by atoms with Gasteiger partial charge in [0, 0.05) is 18.3 Å². The van der Waals surface area contributed by atoms with Crippen molar-refractivity contribution < 1.29 is 9.21 Å². The van der Waals surface area contributed by atoms with Crippen LogP contribution in [0.2, 0.25) is 0 Å². The summed E-state index contributed by atoms with van der Waals surface area (Å²) >= 11 is 2.00. The number of thioether (sulfide) groups is 1. The van der Waals surface area contributed by atoms with Crippen molar-refractivity contribution in [3.8, 4) is 0 Å². The predicted molar refractivity (Wildman–Crippen MR) is 76.3 cm³/mol. The molecule has 3 heterocycles. The molecule has 0 spiro atoms. The number of nitrogens with zero attached hydrogens (tertiary/aromatic N) is 1. The molecule has 3 rings (SSSR count). The van der Waals surface area contributed by atoms with Crippen molar-refractivity contribution in [2.45, 2.75) is 30.6 Å². The van der Waals surface area contributed by atoms with Gasteiger partial charge in [0.25, 0.3) is 0 Å². The molecule has 0 saturated carbocycles. The molecule has 1 saturated heterocycles. The summed E-state index contributed by atoms with van der Waals surface area (Å²) in [5.41, 5.74) is 1.16. The van der Waals surface area contributed by atoms with Gasteiger partial charge in [-0.15, -0.1) is 0 Å². The lowest BCUT2D eigenvalue weighted by molar-refractivity contribution is -0.133. The molecule has 19 heavy (non-hydrogen) atoms. The van der Waals surface area contributed by atoms with Crippen molar-refractivity contribution in [1.29, 1.82) is 0 Å². The van der Waals surface area contributed by atoms with Crippen LogP contribution in [-0.2, 0) is 11.2 Å². The van der Waals surface area contributed by atoms with Gasteiger partial charge in [0.05, 0.1) is 6.26 Å². The van der Waals surface area contributed by atoms with E-state index < -0.39 is 0 Å². The van der Waals surface area contributed by atoms with Crippen LogP contribution in [0.1, 0.15) is 30.2 Å². The van der Waals surface area contributed by atoms with Crippen molar-refractivity contribution in [3.05, 3.63) is 23.7 Å². The van der Waals surface area contributed by atoms with Crippen molar-refractivity contribution in [1.82, 2.24) is 10.2 Å². The Morgan fingerprint density at radius 1 is 1.58 bits per heavy atom. The Balaban J connectivity index is 1.77. The molecule has 1 aromatic heterocycles. The van der Waals surface area contributed by atoms with Gasteiger partial charge in [0.15, 0.2) is 0 Å². The maximum atomic E-state index is 12.6. The van der Waals surface area contributed by atoms with E-state index in [9.17, 15) is 4.79 Å². The molecule has 1 fully saturated rings. The molecule has 1 amide bonds. The fourth-order valence-electron chi connectivity index (χ4n) is 2.94. The number of carbonyl (C=O) groups excluding carboxylic acids is 1. The highest BCUT2D eigenvalue weighted by Crippen LogP contribution is 2.30. The van der Waals surface area contributed by atoms with Crippen molar-refractivity contribution in [2.24, 2.45) is 0 Å². The van der Waals surface area contributed by atoms with Crippen LogP contribution in [0.4, 0.5) is 0 Å². The SMILES string of the molecule is CNC1C(=O)N(CC2CCCS2)CCc2ccoc21.